The molecule has 0 spiro atoms. The summed E-state index contributed by atoms with van der Waals surface area (Å²) in [6, 6.07) is 0. The molecule has 0 rings (SSSR count). The van der Waals surface area contributed by atoms with E-state index in [1.807, 2.05) is 0 Å². The Morgan fingerprint density at radius 1 is 0.857 bits per heavy atom. The summed E-state index contributed by atoms with van der Waals surface area (Å²) in [5.74, 6) is -1.13. The van der Waals surface area contributed by atoms with Gasteiger partial charge >= 0.3 is 19.8 Å². The number of phosphoric acid groups is 1. The minimum atomic E-state index is -4.56. The monoisotopic (exact) mass is 428 g/mol. The van der Waals surface area contributed by atoms with Gasteiger partial charge in [-0.2, -0.15) is 0 Å². The molecular weight excluding hydrogens is 395 g/mol. The fraction of sp³-hybridized carbons (Fsp3) is 0.882. The molecule has 10 nitrogen and oxygen atoms in total. The molecule has 0 aliphatic carbocycles. The Balaban J connectivity index is 4.24. The van der Waals surface area contributed by atoms with E-state index in [4.69, 9.17) is 19.1 Å². The number of hydrogen-bond donors (Lipinski definition) is 3. The molecule has 0 fully saturated rings. The van der Waals surface area contributed by atoms with Gasteiger partial charge in [-0.3, -0.25) is 18.6 Å². The lowest BCUT2D eigenvalue weighted by atomic mass is 10.1. The van der Waals surface area contributed by atoms with Gasteiger partial charge in [-0.15, -0.1) is 0 Å². The number of aliphatic hydroxyl groups excluding tert-OH is 2. The van der Waals surface area contributed by atoms with Gasteiger partial charge in [0.15, 0.2) is 0 Å². The quantitative estimate of drug-likeness (QED) is 0.177. The summed E-state index contributed by atoms with van der Waals surface area (Å²) in [4.78, 5) is 32.5. The number of carbonyl (C=O) groups excluding carboxylic acids is 2. The lowest BCUT2D eigenvalue weighted by molar-refractivity contribution is -0.153. The second-order valence-corrected chi connectivity index (χ2v) is 7.62. The van der Waals surface area contributed by atoms with Crippen LogP contribution in [0, 0.1) is 0 Å². The van der Waals surface area contributed by atoms with Crippen LogP contribution in [0.1, 0.15) is 58.8 Å². The van der Waals surface area contributed by atoms with Gasteiger partial charge in [0.05, 0.1) is 26.4 Å². The minimum Gasteiger partial charge on any atom is -0.457 e. The zero-order valence-corrected chi connectivity index (χ0v) is 17.5. The van der Waals surface area contributed by atoms with Crippen LogP contribution < -0.4 is 0 Å². The van der Waals surface area contributed by atoms with Crippen LogP contribution in [0.4, 0.5) is 0 Å². The van der Waals surface area contributed by atoms with E-state index in [2.05, 4.69) is 11.4 Å². The summed E-state index contributed by atoms with van der Waals surface area (Å²) >= 11 is 0. The lowest BCUT2D eigenvalue weighted by Crippen LogP contribution is -2.28. The second kappa shape index (κ2) is 15.8. The summed E-state index contributed by atoms with van der Waals surface area (Å²) < 4.78 is 31.0. The first-order valence-electron chi connectivity index (χ1n) is 9.50. The van der Waals surface area contributed by atoms with E-state index >= 15 is 0 Å². The highest BCUT2D eigenvalue weighted by molar-refractivity contribution is 7.47. The van der Waals surface area contributed by atoms with Crippen molar-refractivity contribution >= 4 is 19.8 Å². The highest BCUT2D eigenvalue weighted by atomic mass is 31.2. The second-order valence-electron chi connectivity index (χ2n) is 6.17. The minimum absolute atomic E-state index is 0.0753. The molecule has 3 N–H and O–H groups in total. The third kappa shape index (κ3) is 14.0. The van der Waals surface area contributed by atoms with Crippen molar-refractivity contribution < 1.29 is 47.8 Å². The van der Waals surface area contributed by atoms with Gasteiger partial charge in [0.2, 0.25) is 0 Å². The first-order chi connectivity index (χ1) is 13.3. The Morgan fingerprint density at radius 2 is 1.36 bits per heavy atom. The highest BCUT2D eigenvalue weighted by Crippen LogP contribution is 2.43. The Hall–Kier alpha value is -1.03. The van der Waals surface area contributed by atoms with Gasteiger partial charge in [0.25, 0.3) is 0 Å². The molecule has 0 amide bonds. The third-order valence-electron chi connectivity index (χ3n) is 3.62. The Bertz CT molecular complexity index is 485. The number of rotatable bonds is 17. The molecular formula is C17H33O10P. The zero-order valence-electron chi connectivity index (χ0n) is 16.6. The van der Waals surface area contributed by atoms with Gasteiger partial charge in [-0.05, 0) is 6.42 Å². The predicted octanol–water partition coefficient (Wildman–Crippen LogP) is 1.70. The normalized spacial score (nSPS) is 15.5. The molecule has 0 aromatic heterocycles. The van der Waals surface area contributed by atoms with Crippen molar-refractivity contribution in [2.75, 3.05) is 26.4 Å². The first-order valence-corrected chi connectivity index (χ1v) is 11.0. The Morgan fingerprint density at radius 3 is 1.82 bits per heavy atom. The summed E-state index contributed by atoms with van der Waals surface area (Å²) in [6.45, 7) is 1.35. The fourth-order valence-electron chi connectivity index (χ4n) is 2.03. The van der Waals surface area contributed by atoms with E-state index in [0.29, 0.717) is 6.42 Å². The summed E-state index contributed by atoms with van der Waals surface area (Å²) in [6.07, 6.45) is 2.83. The van der Waals surface area contributed by atoms with Gasteiger partial charge in [0.1, 0.15) is 12.2 Å². The third-order valence-corrected chi connectivity index (χ3v) is 4.57. The molecule has 0 saturated heterocycles. The number of carbonyl (C=O) groups is 2. The summed E-state index contributed by atoms with van der Waals surface area (Å²) in [5, 5.41) is 18.3. The molecule has 0 saturated carbocycles. The lowest BCUT2D eigenvalue weighted by Gasteiger charge is -2.20. The molecule has 0 aromatic carbocycles. The highest BCUT2D eigenvalue weighted by Gasteiger charge is 2.27. The van der Waals surface area contributed by atoms with Gasteiger partial charge in [-0.1, -0.05) is 39.5 Å². The summed E-state index contributed by atoms with van der Waals surface area (Å²) in [5.41, 5.74) is 0. The van der Waals surface area contributed by atoms with Crippen LogP contribution in [-0.2, 0) is 32.7 Å². The van der Waals surface area contributed by atoms with Gasteiger partial charge in [0, 0.05) is 12.8 Å². The van der Waals surface area contributed by atoms with Crippen LogP contribution in [0.2, 0.25) is 0 Å². The number of aliphatic hydroxyl groups is 2. The van der Waals surface area contributed by atoms with Crippen LogP contribution >= 0.6 is 7.82 Å². The number of ether oxygens (including phenoxy) is 2. The SMILES string of the molecule is CCCCCCCC(=O)OC(CO)COP(=O)(O)OCC(CO)OC(=O)CC. The van der Waals surface area contributed by atoms with Crippen molar-refractivity contribution in [2.45, 2.75) is 71.0 Å². The maximum atomic E-state index is 11.8. The van der Waals surface area contributed by atoms with Crippen molar-refractivity contribution in [3.05, 3.63) is 0 Å². The first kappa shape index (κ1) is 27.0. The molecule has 0 heterocycles. The maximum Gasteiger partial charge on any atom is 0.472 e. The molecule has 3 atom stereocenters. The van der Waals surface area contributed by atoms with Crippen molar-refractivity contribution in [1.82, 2.24) is 0 Å². The molecule has 0 bridgehead atoms. The Labute approximate surface area is 165 Å². The molecule has 3 unspecified atom stereocenters. The van der Waals surface area contributed by atoms with Crippen LogP contribution in [0.3, 0.4) is 0 Å². The van der Waals surface area contributed by atoms with E-state index in [0.717, 1.165) is 25.7 Å². The molecule has 0 aliphatic rings. The van der Waals surface area contributed by atoms with Crippen molar-refractivity contribution in [3.63, 3.8) is 0 Å². The van der Waals surface area contributed by atoms with Crippen molar-refractivity contribution in [3.8, 4) is 0 Å². The average Bonchev–Trinajstić information content (AvgIpc) is 2.67. The average molecular weight is 428 g/mol. The van der Waals surface area contributed by atoms with E-state index in [1.165, 1.54) is 0 Å². The van der Waals surface area contributed by atoms with Crippen LogP contribution in [-0.4, -0.2) is 65.7 Å². The smallest absolute Gasteiger partial charge is 0.457 e. The largest absolute Gasteiger partial charge is 0.472 e. The van der Waals surface area contributed by atoms with Gasteiger partial charge < -0.3 is 24.6 Å². The van der Waals surface area contributed by atoms with Crippen LogP contribution in [0.5, 0.6) is 0 Å². The van der Waals surface area contributed by atoms with E-state index in [1.54, 1.807) is 6.92 Å². The maximum absolute atomic E-state index is 11.8. The van der Waals surface area contributed by atoms with Crippen molar-refractivity contribution in [2.24, 2.45) is 0 Å². The molecule has 0 radical (unpaired) electrons. The Kier molecular flexibility index (Phi) is 15.3. The zero-order chi connectivity index (χ0) is 21.4. The van der Waals surface area contributed by atoms with E-state index in [9.17, 15) is 24.2 Å². The molecule has 11 heteroatoms. The van der Waals surface area contributed by atoms with E-state index in [-0.39, 0.29) is 12.8 Å². The molecule has 0 aliphatic heterocycles. The van der Waals surface area contributed by atoms with Crippen LogP contribution in [0.25, 0.3) is 0 Å². The van der Waals surface area contributed by atoms with E-state index < -0.39 is 58.4 Å². The van der Waals surface area contributed by atoms with Crippen molar-refractivity contribution in [1.29, 1.82) is 0 Å². The number of esters is 2. The fourth-order valence-corrected chi connectivity index (χ4v) is 2.81. The standard InChI is InChI=1S/C17H33O10P/c1-3-5-6-7-8-9-17(21)27-15(11-19)13-25-28(22,23)24-12-14(10-18)26-16(20)4-2/h14-15,18-19H,3-13H2,1-2H3,(H,22,23). The summed E-state index contributed by atoms with van der Waals surface area (Å²) in [7, 11) is -4.56. The number of unbranched alkanes of at least 4 members (excludes halogenated alkanes) is 4. The molecule has 166 valence electrons. The topological polar surface area (TPSA) is 149 Å². The van der Waals surface area contributed by atoms with Crippen LogP contribution in [0.15, 0.2) is 0 Å². The van der Waals surface area contributed by atoms with Gasteiger partial charge in [-0.25, -0.2) is 4.57 Å². The molecule has 28 heavy (non-hydrogen) atoms. The predicted molar refractivity (Wildman–Crippen MR) is 99.3 cm³/mol. The number of hydrogen-bond acceptors (Lipinski definition) is 9. The number of phosphoric ester groups is 1. The molecule has 0 aromatic rings.